The van der Waals surface area contributed by atoms with Gasteiger partial charge in [-0.15, -0.1) is 11.3 Å². The number of carbonyl (C=O) groups is 1. The molecule has 1 aliphatic heterocycles. The van der Waals surface area contributed by atoms with Crippen molar-refractivity contribution in [1.29, 1.82) is 0 Å². The first-order valence-corrected chi connectivity index (χ1v) is 6.51. The van der Waals surface area contributed by atoms with E-state index in [-0.39, 0.29) is 5.91 Å². The van der Waals surface area contributed by atoms with Crippen LogP contribution in [0.3, 0.4) is 0 Å². The molecule has 0 unspecified atom stereocenters. The van der Waals surface area contributed by atoms with Crippen LogP contribution in [-0.4, -0.2) is 19.1 Å². The standard InChI is InChI=1S/C13H12N2O2S/c14-9-3-4-11-10(8-9)15(5-6-17-11)13(16)12-2-1-7-18-12/h1-4,7-8H,5-6,14H2. The normalized spacial score (nSPS) is 13.9. The second kappa shape index (κ2) is 4.34. The SMILES string of the molecule is Nc1ccc2c(c1)N(C(=O)c1cccs1)CCO2. The molecule has 0 saturated heterocycles. The van der Waals surface area contributed by atoms with Gasteiger partial charge in [0.2, 0.25) is 0 Å². The quantitative estimate of drug-likeness (QED) is 0.801. The van der Waals surface area contributed by atoms with Gasteiger partial charge in [0.15, 0.2) is 0 Å². The molecule has 4 nitrogen and oxygen atoms in total. The summed E-state index contributed by atoms with van der Waals surface area (Å²) in [5.41, 5.74) is 7.15. The Morgan fingerprint density at radius 3 is 3.06 bits per heavy atom. The summed E-state index contributed by atoms with van der Waals surface area (Å²) in [6, 6.07) is 9.06. The molecule has 0 saturated carbocycles. The number of thiophene rings is 1. The van der Waals surface area contributed by atoms with Crippen molar-refractivity contribution in [3.63, 3.8) is 0 Å². The lowest BCUT2D eigenvalue weighted by Gasteiger charge is -2.29. The van der Waals surface area contributed by atoms with Gasteiger partial charge >= 0.3 is 0 Å². The number of amides is 1. The lowest BCUT2D eigenvalue weighted by molar-refractivity contribution is 0.0980. The van der Waals surface area contributed by atoms with Crippen LogP contribution in [0, 0.1) is 0 Å². The van der Waals surface area contributed by atoms with Crippen LogP contribution in [0.25, 0.3) is 0 Å². The number of ether oxygens (including phenoxy) is 1. The Morgan fingerprint density at radius 1 is 1.39 bits per heavy atom. The number of rotatable bonds is 1. The number of hydrogen-bond acceptors (Lipinski definition) is 4. The van der Waals surface area contributed by atoms with Gasteiger partial charge in [-0.3, -0.25) is 4.79 Å². The molecule has 3 rings (SSSR count). The van der Waals surface area contributed by atoms with Crippen LogP contribution in [0.5, 0.6) is 5.75 Å². The van der Waals surface area contributed by atoms with Gasteiger partial charge in [-0.1, -0.05) is 6.07 Å². The number of hydrogen-bond donors (Lipinski definition) is 1. The molecule has 0 fully saturated rings. The summed E-state index contributed by atoms with van der Waals surface area (Å²) in [4.78, 5) is 14.8. The Hall–Kier alpha value is -2.01. The highest BCUT2D eigenvalue weighted by atomic mass is 32.1. The summed E-state index contributed by atoms with van der Waals surface area (Å²) >= 11 is 1.44. The van der Waals surface area contributed by atoms with Crippen LogP contribution in [0.4, 0.5) is 11.4 Å². The molecule has 2 heterocycles. The monoisotopic (exact) mass is 260 g/mol. The van der Waals surface area contributed by atoms with Crippen LogP contribution in [0.1, 0.15) is 9.67 Å². The molecular formula is C13H12N2O2S. The van der Waals surface area contributed by atoms with E-state index in [4.69, 9.17) is 10.5 Å². The smallest absolute Gasteiger partial charge is 0.268 e. The number of anilines is 2. The third-order valence-corrected chi connectivity index (χ3v) is 3.68. The average molecular weight is 260 g/mol. The largest absolute Gasteiger partial charge is 0.490 e. The topological polar surface area (TPSA) is 55.6 Å². The minimum atomic E-state index is 0.000139. The molecule has 2 N–H and O–H groups in total. The van der Waals surface area contributed by atoms with Crippen LogP contribution >= 0.6 is 11.3 Å². The first-order chi connectivity index (χ1) is 8.75. The van der Waals surface area contributed by atoms with E-state index in [2.05, 4.69) is 0 Å². The van der Waals surface area contributed by atoms with Crippen LogP contribution in [0.15, 0.2) is 35.7 Å². The maximum absolute atomic E-state index is 12.4. The Kier molecular flexibility index (Phi) is 2.68. The van der Waals surface area contributed by atoms with Gasteiger partial charge in [-0.05, 0) is 29.6 Å². The van der Waals surface area contributed by atoms with Gasteiger partial charge in [-0.2, -0.15) is 0 Å². The number of fused-ring (bicyclic) bond motifs is 1. The van der Waals surface area contributed by atoms with Gasteiger partial charge in [0, 0.05) is 5.69 Å². The molecule has 5 heteroatoms. The summed E-state index contributed by atoms with van der Waals surface area (Å²) < 4.78 is 5.53. The lowest BCUT2D eigenvalue weighted by Crippen LogP contribution is -2.37. The molecule has 1 amide bonds. The van der Waals surface area contributed by atoms with Gasteiger partial charge in [0.05, 0.1) is 17.1 Å². The number of nitrogen functional groups attached to an aromatic ring is 1. The van der Waals surface area contributed by atoms with Gasteiger partial charge in [0.25, 0.3) is 5.91 Å². The summed E-state index contributed by atoms with van der Waals surface area (Å²) in [6.45, 7) is 1.06. The highest BCUT2D eigenvalue weighted by Gasteiger charge is 2.25. The molecule has 1 aliphatic rings. The molecular weight excluding hydrogens is 248 g/mol. The summed E-state index contributed by atoms with van der Waals surface area (Å²) in [7, 11) is 0. The van der Waals surface area contributed by atoms with Crippen molar-refractivity contribution in [2.24, 2.45) is 0 Å². The number of nitrogens with zero attached hydrogens (tertiary/aromatic N) is 1. The molecule has 0 spiro atoms. The molecule has 0 aliphatic carbocycles. The zero-order valence-corrected chi connectivity index (χ0v) is 10.4. The lowest BCUT2D eigenvalue weighted by atomic mass is 10.2. The van der Waals surface area contributed by atoms with Crippen LogP contribution in [0.2, 0.25) is 0 Å². The second-order valence-corrected chi connectivity index (χ2v) is 4.96. The van der Waals surface area contributed by atoms with E-state index < -0.39 is 0 Å². The van der Waals surface area contributed by atoms with E-state index in [1.54, 1.807) is 23.1 Å². The van der Waals surface area contributed by atoms with E-state index in [1.165, 1.54) is 11.3 Å². The first-order valence-electron chi connectivity index (χ1n) is 5.63. The number of nitrogens with two attached hydrogens (primary N) is 1. The minimum absolute atomic E-state index is 0.000139. The Balaban J connectivity index is 2.01. The third kappa shape index (κ3) is 1.82. The molecule has 0 atom stereocenters. The summed E-state index contributed by atoms with van der Waals surface area (Å²) in [5, 5.41) is 1.90. The van der Waals surface area contributed by atoms with Crippen molar-refractivity contribution < 1.29 is 9.53 Å². The van der Waals surface area contributed by atoms with Crippen LogP contribution < -0.4 is 15.4 Å². The fourth-order valence-corrected chi connectivity index (χ4v) is 2.65. The van der Waals surface area contributed by atoms with Gasteiger partial charge in [-0.25, -0.2) is 0 Å². The number of benzene rings is 1. The first kappa shape index (κ1) is 11.1. The summed E-state index contributed by atoms with van der Waals surface area (Å²) in [5.74, 6) is 0.709. The second-order valence-electron chi connectivity index (χ2n) is 4.01. The molecule has 18 heavy (non-hydrogen) atoms. The van der Waals surface area contributed by atoms with Crippen molar-refractivity contribution >= 4 is 28.6 Å². The Labute approximate surface area is 109 Å². The zero-order valence-electron chi connectivity index (χ0n) is 9.63. The zero-order chi connectivity index (χ0) is 12.5. The fourth-order valence-electron chi connectivity index (χ4n) is 1.98. The average Bonchev–Trinajstić information content (AvgIpc) is 2.91. The van der Waals surface area contributed by atoms with Crippen molar-refractivity contribution in [2.75, 3.05) is 23.8 Å². The van der Waals surface area contributed by atoms with E-state index in [9.17, 15) is 4.79 Å². The van der Waals surface area contributed by atoms with E-state index in [0.717, 1.165) is 10.6 Å². The molecule has 1 aromatic carbocycles. The molecule has 2 aromatic rings. The highest BCUT2D eigenvalue weighted by Crippen LogP contribution is 2.34. The van der Waals surface area contributed by atoms with E-state index in [0.29, 0.717) is 24.6 Å². The van der Waals surface area contributed by atoms with Crippen LogP contribution in [-0.2, 0) is 0 Å². The van der Waals surface area contributed by atoms with Gasteiger partial charge in [0.1, 0.15) is 12.4 Å². The maximum atomic E-state index is 12.4. The predicted octanol–water partition coefficient (Wildman–Crippen LogP) is 2.37. The van der Waals surface area contributed by atoms with Crippen molar-refractivity contribution in [1.82, 2.24) is 0 Å². The maximum Gasteiger partial charge on any atom is 0.268 e. The molecule has 1 aromatic heterocycles. The van der Waals surface area contributed by atoms with Crippen molar-refractivity contribution in [3.05, 3.63) is 40.6 Å². The molecule has 92 valence electrons. The van der Waals surface area contributed by atoms with Crippen molar-refractivity contribution in [2.45, 2.75) is 0 Å². The van der Waals surface area contributed by atoms with E-state index >= 15 is 0 Å². The molecule has 0 bridgehead atoms. The molecule has 0 radical (unpaired) electrons. The predicted molar refractivity (Wildman–Crippen MR) is 72.3 cm³/mol. The minimum Gasteiger partial charge on any atom is -0.490 e. The summed E-state index contributed by atoms with van der Waals surface area (Å²) in [6.07, 6.45) is 0. The van der Waals surface area contributed by atoms with Gasteiger partial charge < -0.3 is 15.4 Å². The van der Waals surface area contributed by atoms with Crippen molar-refractivity contribution in [3.8, 4) is 5.75 Å². The number of carbonyl (C=O) groups excluding carboxylic acids is 1. The fraction of sp³-hybridized carbons (Fsp3) is 0.154. The Morgan fingerprint density at radius 2 is 2.28 bits per heavy atom. The Bertz CT molecular complexity index is 581. The third-order valence-electron chi connectivity index (χ3n) is 2.82. The van der Waals surface area contributed by atoms with E-state index in [1.807, 2.05) is 17.5 Å². The highest BCUT2D eigenvalue weighted by molar-refractivity contribution is 7.12.